The zero-order valence-electron chi connectivity index (χ0n) is 12.8. The van der Waals surface area contributed by atoms with E-state index in [1.54, 1.807) is 6.20 Å². The van der Waals surface area contributed by atoms with Gasteiger partial charge in [-0.3, -0.25) is 0 Å². The van der Waals surface area contributed by atoms with E-state index in [0.29, 0.717) is 11.8 Å². The van der Waals surface area contributed by atoms with Gasteiger partial charge in [0.2, 0.25) is 5.95 Å². The van der Waals surface area contributed by atoms with Crippen molar-refractivity contribution in [3.8, 4) is 0 Å². The van der Waals surface area contributed by atoms with E-state index in [2.05, 4.69) is 73.8 Å². The van der Waals surface area contributed by atoms with Crippen molar-refractivity contribution in [2.75, 3.05) is 10.6 Å². The van der Waals surface area contributed by atoms with Gasteiger partial charge in [-0.25, -0.2) is 0 Å². The average Bonchev–Trinajstić information content (AvgIpc) is 2.49. The molecule has 0 aliphatic heterocycles. The second kappa shape index (κ2) is 6.75. The molecule has 0 fully saturated rings. The third-order valence-corrected chi connectivity index (χ3v) is 3.86. The molecule has 1 heterocycles. The second-order valence-electron chi connectivity index (χ2n) is 5.27. The van der Waals surface area contributed by atoms with Gasteiger partial charge in [-0.05, 0) is 65.2 Å². The number of anilines is 4. The quantitative estimate of drug-likeness (QED) is 0.695. The number of nitrogens with one attached hydrogen (secondary N) is 2. The lowest BCUT2D eigenvalue weighted by atomic mass is 10.1. The molecule has 23 heavy (non-hydrogen) atoms. The monoisotopic (exact) mass is 369 g/mol. The highest BCUT2D eigenvalue weighted by atomic mass is 79.9. The lowest BCUT2D eigenvalue weighted by Crippen LogP contribution is -2.03. The first kappa shape index (κ1) is 15.4. The Kier molecular flexibility index (Phi) is 4.52. The third kappa shape index (κ3) is 4.04. The van der Waals surface area contributed by atoms with E-state index in [-0.39, 0.29) is 0 Å². The molecule has 3 rings (SSSR count). The highest BCUT2D eigenvalue weighted by Crippen LogP contribution is 2.24. The van der Waals surface area contributed by atoms with E-state index in [1.807, 2.05) is 24.3 Å². The second-order valence-corrected chi connectivity index (χ2v) is 6.13. The van der Waals surface area contributed by atoms with Gasteiger partial charge in [-0.15, -0.1) is 5.10 Å². The first-order valence-electron chi connectivity index (χ1n) is 7.17. The SMILES string of the molecule is Cc1cc(C)cc(Nc2cnnc(Nc3ccccc3Br)n2)c1. The van der Waals surface area contributed by atoms with Gasteiger partial charge in [0, 0.05) is 10.2 Å². The number of nitrogens with zero attached hydrogens (tertiary/aromatic N) is 3. The lowest BCUT2D eigenvalue weighted by molar-refractivity contribution is 0.982. The highest BCUT2D eigenvalue weighted by Gasteiger charge is 2.04. The van der Waals surface area contributed by atoms with Crippen molar-refractivity contribution in [3.63, 3.8) is 0 Å². The van der Waals surface area contributed by atoms with Crippen molar-refractivity contribution in [2.24, 2.45) is 0 Å². The number of hydrogen-bond donors (Lipinski definition) is 2. The van der Waals surface area contributed by atoms with Gasteiger partial charge in [0.15, 0.2) is 5.82 Å². The number of rotatable bonds is 4. The fourth-order valence-corrected chi connectivity index (χ4v) is 2.68. The summed E-state index contributed by atoms with van der Waals surface area (Å²) in [6.45, 7) is 4.13. The van der Waals surface area contributed by atoms with Gasteiger partial charge in [-0.1, -0.05) is 18.2 Å². The largest absolute Gasteiger partial charge is 0.339 e. The summed E-state index contributed by atoms with van der Waals surface area (Å²) in [5.41, 5.74) is 4.26. The molecule has 1 aromatic heterocycles. The Labute approximate surface area is 143 Å². The summed E-state index contributed by atoms with van der Waals surface area (Å²) in [5, 5.41) is 14.4. The van der Waals surface area contributed by atoms with E-state index in [9.17, 15) is 0 Å². The normalized spacial score (nSPS) is 10.4. The van der Waals surface area contributed by atoms with E-state index in [4.69, 9.17) is 0 Å². The van der Waals surface area contributed by atoms with Crippen LogP contribution in [0.15, 0.2) is 53.1 Å². The minimum absolute atomic E-state index is 0.436. The molecule has 0 saturated heterocycles. The Bertz CT molecular complexity index is 814. The Morgan fingerprint density at radius 3 is 2.43 bits per heavy atom. The van der Waals surface area contributed by atoms with Crippen molar-refractivity contribution in [3.05, 3.63) is 64.3 Å². The number of benzene rings is 2. The molecule has 0 unspecified atom stereocenters. The maximum atomic E-state index is 4.45. The van der Waals surface area contributed by atoms with Gasteiger partial charge in [0.1, 0.15) is 0 Å². The van der Waals surface area contributed by atoms with E-state index in [0.717, 1.165) is 15.8 Å². The predicted octanol–water partition coefficient (Wildman–Crippen LogP) is 4.74. The summed E-state index contributed by atoms with van der Waals surface area (Å²) in [6.07, 6.45) is 1.60. The standard InChI is InChI=1S/C17H16BrN5/c1-11-7-12(2)9-13(8-11)20-16-10-19-23-17(22-16)21-15-6-4-3-5-14(15)18/h3-10H,1-2H3,(H2,20,21,22,23). The highest BCUT2D eigenvalue weighted by molar-refractivity contribution is 9.10. The fraction of sp³-hybridized carbons (Fsp3) is 0.118. The molecule has 116 valence electrons. The molecule has 2 aromatic carbocycles. The lowest BCUT2D eigenvalue weighted by Gasteiger charge is -2.10. The maximum Gasteiger partial charge on any atom is 0.249 e. The van der Waals surface area contributed by atoms with Gasteiger partial charge in [-0.2, -0.15) is 10.1 Å². The predicted molar refractivity (Wildman–Crippen MR) is 96.5 cm³/mol. The molecule has 0 aliphatic carbocycles. The van der Waals surface area contributed by atoms with Crippen molar-refractivity contribution >= 4 is 39.1 Å². The fourth-order valence-electron chi connectivity index (χ4n) is 2.29. The molecule has 0 spiro atoms. The molecular weight excluding hydrogens is 354 g/mol. The van der Waals surface area contributed by atoms with Crippen LogP contribution < -0.4 is 10.6 Å². The summed E-state index contributed by atoms with van der Waals surface area (Å²) in [4.78, 5) is 4.45. The Morgan fingerprint density at radius 2 is 1.70 bits per heavy atom. The molecule has 2 N–H and O–H groups in total. The maximum absolute atomic E-state index is 4.45. The van der Waals surface area contributed by atoms with E-state index < -0.39 is 0 Å². The summed E-state index contributed by atoms with van der Waals surface area (Å²) in [7, 11) is 0. The molecule has 0 saturated carbocycles. The van der Waals surface area contributed by atoms with Crippen LogP contribution in [0, 0.1) is 13.8 Å². The number of para-hydroxylation sites is 1. The molecule has 3 aromatic rings. The molecule has 6 heteroatoms. The zero-order chi connectivity index (χ0) is 16.2. The molecule has 5 nitrogen and oxygen atoms in total. The van der Waals surface area contributed by atoms with Crippen LogP contribution in [0.1, 0.15) is 11.1 Å². The summed E-state index contributed by atoms with van der Waals surface area (Å²) in [5.74, 6) is 1.07. The summed E-state index contributed by atoms with van der Waals surface area (Å²) < 4.78 is 0.941. The molecule has 0 radical (unpaired) electrons. The van der Waals surface area contributed by atoms with Crippen LogP contribution in [-0.2, 0) is 0 Å². The number of aromatic nitrogens is 3. The van der Waals surface area contributed by atoms with Crippen molar-refractivity contribution in [2.45, 2.75) is 13.8 Å². The van der Waals surface area contributed by atoms with Gasteiger partial charge < -0.3 is 10.6 Å². The van der Waals surface area contributed by atoms with Gasteiger partial charge in [0.25, 0.3) is 0 Å². The summed E-state index contributed by atoms with van der Waals surface area (Å²) in [6, 6.07) is 14.0. The number of hydrogen-bond acceptors (Lipinski definition) is 5. The van der Waals surface area contributed by atoms with Crippen LogP contribution in [0.2, 0.25) is 0 Å². The first-order chi connectivity index (χ1) is 11.1. The van der Waals surface area contributed by atoms with Crippen LogP contribution in [0.3, 0.4) is 0 Å². The summed E-state index contributed by atoms with van der Waals surface area (Å²) >= 11 is 3.49. The Hall–Kier alpha value is -2.47. The third-order valence-electron chi connectivity index (χ3n) is 3.17. The van der Waals surface area contributed by atoms with Gasteiger partial charge >= 0.3 is 0 Å². The van der Waals surface area contributed by atoms with Crippen molar-refractivity contribution in [1.29, 1.82) is 0 Å². The average molecular weight is 370 g/mol. The molecule has 0 aliphatic rings. The first-order valence-corrected chi connectivity index (χ1v) is 7.96. The van der Waals surface area contributed by atoms with Crippen LogP contribution >= 0.6 is 15.9 Å². The number of aryl methyl sites for hydroxylation is 2. The van der Waals surface area contributed by atoms with Crippen LogP contribution in [-0.4, -0.2) is 15.2 Å². The van der Waals surface area contributed by atoms with Crippen LogP contribution in [0.25, 0.3) is 0 Å². The smallest absolute Gasteiger partial charge is 0.249 e. The minimum Gasteiger partial charge on any atom is -0.339 e. The zero-order valence-corrected chi connectivity index (χ0v) is 14.4. The van der Waals surface area contributed by atoms with Crippen LogP contribution in [0.5, 0.6) is 0 Å². The van der Waals surface area contributed by atoms with Gasteiger partial charge in [0.05, 0.1) is 11.9 Å². The van der Waals surface area contributed by atoms with E-state index in [1.165, 1.54) is 11.1 Å². The number of halogens is 1. The van der Waals surface area contributed by atoms with Crippen LogP contribution in [0.4, 0.5) is 23.1 Å². The van der Waals surface area contributed by atoms with Crippen molar-refractivity contribution < 1.29 is 0 Å². The molecule has 0 atom stereocenters. The Morgan fingerprint density at radius 1 is 0.957 bits per heavy atom. The molecular formula is C17H16BrN5. The molecule has 0 amide bonds. The minimum atomic E-state index is 0.436. The van der Waals surface area contributed by atoms with Crippen molar-refractivity contribution in [1.82, 2.24) is 15.2 Å². The Balaban J connectivity index is 1.81. The van der Waals surface area contributed by atoms with E-state index >= 15 is 0 Å². The molecule has 0 bridgehead atoms. The topological polar surface area (TPSA) is 62.7 Å².